The van der Waals surface area contributed by atoms with Crippen molar-refractivity contribution in [1.29, 1.82) is 0 Å². The average molecular weight is 311 g/mol. The van der Waals surface area contributed by atoms with E-state index in [1.807, 2.05) is 19.1 Å². The number of aryl methyl sites for hydroxylation is 1. The van der Waals surface area contributed by atoms with E-state index in [1.165, 1.54) is 0 Å². The Morgan fingerprint density at radius 2 is 1.90 bits per heavy atom. The Hall–Kier alpha value is -1.52. The molecular formula is C14H16Cl2N4. The van der Waals surface area contributed by atoms with Crippen LogP contribution in [0, 0.1) is 6.92 Å². The van der Waals surface area contributed by atoms with Crippen molar-refractivity contribution in [1.82, 2.24) is 9.97 Å². The second-order valence-corrected chi connectivity index (χ2v) is 5.21. The molecule has 0 fully saturated rings. The lowest BCUT2D eigenvalue weighted by Crippen LogP contribution is -2.06. The Morgan fingerprint density at radius 3 is 2.60 bits per heavy atom. The molecule has 0 aliphatic rings. The molecule has 4 nitrogen and oxygen atoms in total. The third kappa shape index (κ3) is 3.99. The van der Waals surface area contributed by atoms with Gasteiger partial charge in [-0.2, -0.15) is 4.98 Å². The van der Waals surface area contributed by atoms with E-state index in [2.05, 4.69) is 27.5 Å². The zero-order valence-electron chi connectivity index (χ0n) is 11.4. The highest BCUT2D eigenvalue weighted by Crippen LogP contribution is 2.26. The fourth-order valence-electron chi connectivity index (χ4n) is 1.67. The van der Waals surface area contributed by atoms with Gasteiger partial charge in [0, 0.05) is 24.0 Å². The molecule has 20 heavy (non-hydrogen) atoms. The Morgan fingerprint density at radius 1 is 1.10 bits per heavy atom. The third-order valence-electron chi connectivity index (χ3n) is 2.58. The van der Waals surface area contributed by atoms with Crippen molar-refractivity contribution in [3.8, 4) is 0 Å². The number of nitrogens with one attached hydrogen (secondary N) is 2. The topological polar surface area (TPSA) is 49.8 Å². The highest BCUT2D eigenvalue weighted by molar-refractivity contribution is 6.42. The number of hydrogen-bond donors (Lipinski definition) is 2. The van der Waals surface area contributed by atoms with E-state index in [0.717, 1.165) is 30.2 Å². The number of benzene rings is 1. The standard InChI is InChI=1S/C14H16Cl2N4/c1-3-6-17-14-18-9(2)7-13(20-14)19-10-4-5-11(15)12(16)8-10/h4-5,7-8H,3,6H2,1-2H3,(H2,17,18,19,20). The van der Waals surface area contributed by atoms with Crippen LogP contribution in [0.2, 0.25) is 10.0 Å². The molecule has 0 bridgehead atoms. The van der Waals surface area contributed by atoms with E-state index >= 15 is 0 Å². The minimum Gasteiger partial charge on any atom is -0.354 e. The molecule has 2 rings (SSSR count). The van der Waals surface area contributed by atoms with Crippen molar-refractivity contribution >= 4 is 40.7 Å². The zero-order chi connectivity index (χ0) is 14.5. The van der Waals surface area contributed by atoms with Crippen molar-refractivity contribution in [2.75, 3.05) is 17.2 Å². The van der Waals surface area contributed by atoms with Crippen LogP contribution in [0.3, 0.4) is 0 Å². The summed E-state index contributed by atoms with van der Waals surface area (Å²) in [6, 6.07) is 7.24. The maximum atomic E-state index is 5.99. The first-order chi connectivity index (χ1) is 9.58. The molecule has 0 radical (unpaired) electrons. The summed E-state index contributed by atoms with van der Waals surface area (Å²) in [6.45, 7) is 4.87. The molecule has 2 aromatic rings. The van der Waals surface area contributed by atoms with Gasteiger partial charge in [0.2, 0.25) is 5.95 Å². The van der Waals surface area contributed by atoms with Gasteiger partial charge in [0.25, 0.3) is 0 Å². The van der Waals surface area contributed by atoms with Crippen LogP contribution in [0.25, 0.3) is 0 Å². The van der Waals surface area contributed by atoms with Gasteiger partial charge in [-0.15, -0.1) is 0 Å². The average Bonchev–Trinajstić information content (AvgIpc) is 2.40. The predicted molar refractivity (Wildman–Crippen MR) is 85.3 cm³/mol. The molecule has 0 aliphatic carbocycles. The lowest BCUT2D eigenvalue weighted by atomic mass is 10.3. The van der Waals surface area contributed by atoms with Gasteiger partial charge < -0.3 is 10.6 Å². The molecule has 106 valence electrons. The van der Waals surface area contributed by atoms with Crippen LogP contribution in [0.15, 0.2) is 24.3 Å². The summed E-state index contributed by atoms with van der Waals surface area (Å²) >= 11 is 11.9. The van der Waals surface area contributed by atoms with Crippen LogP contribution in [0.4, 0.5) is 17.5 Å². The Kier molecular flexibility index (Phi) is 5.04. The van der Waals surface area contributed by atoms with E-state index in [4.69, 9.17) is 23.2 Å². The molecule has 1 heterocycles. The first kappa shape index (κ1) is 14.9. The van der Waals surface area contributed by atoms with E-state index in [1.54, 1.807) is 12.1 Å². The summed E-state index contributed by atoms with van der Waals surface area (Å²) in [5.41, 5.74) is 1.72. The molecule has 0 spiro atoms. The molecule has 0 amide bonds. The Labute approximate surface area is 128 Å². The van der Waals surface area contributed by atoms with Crippen LogP contribution in [-0.4, -0.2) is 16.5 Å². The molecule has 0 saturated heterocycles. The highest BCUT2D eigenvalue weighted by atomic mass is 35.5. The van der Waals surface area contributed by atoms with Gasteiger partial charge in [-0.3, -0.25) is 0 Å². The van der Waals surface area contributed by atoms with Crippen LogP contribution < -0.4 is 10.6 Å². The van der Waals surface area contributed by atoms with Crippen molar-refractivity contribution in [2.24, 2.45) is 0 Å². The summed E-state index contributed by atoms with van der Waals surface area (Å²) < 4.78 is 0. The van der Waals surface area contributed by atoms with E-state index in [0.29, 0.717) is 16.0 Å². The quantitative estimate of drug-likeness (QED) is 0.843. The Bertz CT molecular complexity index is 602. The largest absolute Gasteiger partial charge is 0.354 e. The SMILES string of the molecule is CCCNc1nc(C)cc(Nc2ccc(Cl)c(Cl)c2)n1. The van der Waals surface area contributed by atoms with E-state index in [9.17, 15) is 0 Å². The molecule has 2 N–H and O–H groups in total. The van der Waals surface area contributed by atoms with Crippen molar-refractivity contribution in [2.45, 2.75) is 20.3 Å². The summed E-state index contributed by atoms with van der Waals surface area (Å²) in [4.78, 5) is 8.74. The molecule has 0 saturated carbocycles. The normalized spacial score (nSPS) is 10.4. The van der Waals surface area contributed by atoms with Gasteiger partial charge in [-0.25, -0.2) is 4.98 Å². The molecule has 1 aromatic carbocycles. The minimum absolute atomic E-state index is 0.506. The van der Waals surface area contributed by atoms with E-state index < -0.39 is 0 Å². The van der Waals surface area contributed by atoms with E-state index in [-0.39, 0.29) is 0 Å². The van der Waals surface area contributed by atoms with Crippen LogP contribution in [0.1, 0.15) is 19.0 Å². The van der Waals surface area contributed by atoms with Crippen molar-refractivity contribution < 1.29 is 0 Å². The van der Waals surface area contributed by atoms with Crippen LogP contribution in [-0.2, 0) is 0 Å². The number of aromatic nitrogens is 2. The van der Waals surface area contributed by atoms with Gasteiger partial charge >= 0.3 is 0 Å². The first-order valence-corrected chi connectivity index (χ1v) is 7.15. The number of halogens is 2. The number of rotatable bonds is 5. The lowest BCUT2D eigenvalue weighted by Gasteiger charge is -2.10. The van der Waals surface area contributed by atoms with Gasteiger partial charge in [0.15, 0.2) is 0 Å². The Balaban J connectivity index is 2.19. The number of hydrogen-bond acceptors (Lipinski definition) is 4. The first-order valence-electron chi connectivity index (χ1n) is 6.40. The molecule has 6 heteroatoms. The van der Waals surface area contributed by atoms with Crippen LogP contribution in [0.5, 0.6) is 0 Å². The highest BCUT2D eigenvalue weighted by Gasteiger charge is 2.04. The van der Waals surface area contributed by atoms with Gasteiger partial charge in [-0.05, 0) is 31.5 Å². The zero-order valence-corrected chi connectivity index (χ0v) is 12.9. The molecule has 0 atom stereocenters. The maximum Gasteiger partial charge on any atom is 0.224 e. The maximum absolute atomic E-state index is 5.99. The smallest absolute Gasteiger partial charge is 0.224 e. The van der Waals surface area contributed by atoms with Crippen molar-refractivity contribution in [3.63, 3.8) is 0 Å². The fourth-order valence-corrected chi connectivity index (χ4v) is 1.97. The molecular weight excluding hydrogens is 295 g/mol. The van der Waals surface area contributed by atoms with Gasteiger partial charge in [0.1, 0.15) is 5.82 Å². The summed E-state index contributed by atoms with van der Waals surface area (Å²) in [5.74, 6) is 1.34. The number of anilines is 3. The third-order valence-corrected chi connectivity index (χ3v) is 3.32. The van der Waals surface area contributed by atoms with Gasteiger partial charge in [0.05, 0.1) is 10.0 Å². The van der Waals surface area contributed by atoms with Gasteiger partial charge in [-0.1, -0.05) is 30.1 Å². The summed E-state index contributed by atoms with van der Waals surface area (Å²) in [7, 11) is 0. The lowest BCUT2D eigenvalue weighted by molar-refractivity contribution is 0.947. The minimum atomic E-state index is 0.506. The molecule has 0 aliphatic heterocycles. The monoisotopic (exact) mass is 310 g/mol. The number of nitrogens with zero attached hydrogens (tertiary/aromatic N) is 2. The van der Waals surface area contributed by atoms with Crippen LogP contribution >= 0.6 is 23.2 Å². The summed E-state index contributed by atoms with van der Waals surface area (Å²) in [5, 5.41) is 7.40. The predicted octanol–water partition coefficient (Wildman–Crippen LogP) is 4.66. The molecule has 1 aromatic heterocycles. The summed E-state index contributed by atoms with van der Waals surface area (Å²) in [6.07, 6.45) is 1.02. The second kappa shape index (κ2) is 6.77. The molecule has 0 unspecified atom stereocenters. The van der Waals surface area contributed by atoms with Crippen molar-refractivity contribution in [3.05, 3.63) is 40.0 Å². The fraction of sp³-hybridized carbons (Fsp3) is 0.286. The second-order valence-electron chi connectivity index (χ2n) is 4.40.